The molecule has 3 aromatic carbocycles. The molecular formula is C30H31F3N4O2. The van der Waals surface area contributed by atoms with Crippen molar-refractivity contribution in [1.29, 1.82) is 0 Å². The molecule has 1 unspecified atom stereocenters. The van der Waals surface area contributed by atoms with Crippen molar-refractivity contribution in [3.05, 3.63) is 102 Å². The van der Waals surface area contributed by atoms with Crippen molar-refractivity contribution in [2.75, 3.05) is 38.0 Å². The molecule has 0 spiro atoms. The Morgan fingerprint density at radius 3 is 1.92 bits per heavy atom. The molecule has 2 saturated heterocycles. The molecule has 6 nitrogen and oxygen atoms in total. The summed E-state index contributed by atoms with van der Waals surface area (Å²) in [7, 11) is 0. The maximum absolute atomic E-state index is 13.5. The zero-order valence-corrected chi connectivity index (χ0v) is 21.5. The van der Waals surface area contributed by atoms with E-state index in [4.69, 9.17) is 0 Å². The van der Waals surface area contributed by atoms with E-state index in [0.717, 1.165) is 6.07 Å². The number of nitrogens with one attached hydrogen (secondary N) is 1. The predicted molar refractivity (Wildman–Crippen MR) is 143 cm³/mol. The van der Waals surface area contributed by atoms with Crippen molar-refractivity contribution in [3.63, 3.8) is 0 Å². The summed E-state index contributed by atoms with van der Waals surface area (Å²) in [6.45, 7) is 2.67. The van der Waals surface area contributed by atoms with Gasteiger partial charge in [0, 0.05) is 32.7 Å². The van der Waals surface area contributed by atoms with Crippen molar-refractivity contribution in [2.24, 2.45) is 0 Å². The molecule has 9 heteroatoms. The highest BCUT2D eigenvalue weighted by atomic mass is 19.4. The monoisotopic (exact) mass is 536 g/mol. The lowest BCUT2D eigenvalue weighted by molar-refractivity contribution is -0.138. The van der Waals surface area contributed by atoms with Crippen LogP contribution in [0.2, 0.25) is 0 Å². The van der Waals surface area contributed by atoms with E-state index in [0.29, 0.717) is 45.6 Å². The molecule has 2 aliphatic rings. The van der Waals surface area contributed by atoms with Crippen molar-refractivity contribution in [1.82, 2.24) is 14.7 Å². The molecule has 0 saturated carbocycles. The first-order valence-electron chi connectivity index (χ1n) is 13.2. The number of carbonyl (C=O) groups is 2. The number of urea groups is 1. The maximum atomic E-state index is 13.5. The molecule has 1 atom stereocenters. The Bertz CT molecular complexity index is 1240. The van der Waals surface area contributed by atoms with E-state index < -0.39 is 23.8 Å². The molecule has 39 heavy (non-hydrogen) atoms. The third-order valence-electron chi connectivity index (χ3n) is 7.49. The minimum atomic E-state index is -4.60. The quantitative estimate of drug-likeness (QED) is 0.460. The van der Waals surface area contributed by atoms with E-state index in [1.165, 1.54) is 34.2 Å². The molecule has 2 heterocycles. The number of piperazine rings is 1. The second kappa shape index (κ2) is 11.5. The fraction of sp³-hybridized carbons (Fsp3) is 0.333. The van der Waals surface area contributed by atoms with Crippen LogP contribution in [0.15, 0.2) is 84.9 Å². The molecule has 1 N–H and O–H groups in total. The van der Waals surface area contributed by atoms with Gasteiger partial charge in [-0.3, -0.25) is 9.69 Å². The molecule has 3 aromatic rings. The van der Waals surface area contributed by atoms with Crippen LogP contribution in [0, 0.1) is 0 Å². The number of rotatable bonds is 5. The van der Waals surface area contributed by atoms with Crippen LogP contribution in [0.4, 0.5) is 23.7 Å². The normalized spacial score (nSPS) is 18.4. The average molecular weight is 537 g/mol. The number of anilines is 1. The van der Waals surface area contributed by atoms with E-state index in [-0.39, 0.29) is 17.6 Å². The summed E-state index contributed by atoms with van der Waals surface area (Å²) in [6, 6.07) is 24.1. The van der Waals surface area contributed by atoms with Crippen molar-refractivity contribution < 1.29 is 22.8 Å². The number of halogens is 3. The average Bonchev–Trinajstić information content (AvgIpc) is 3.45. The number of para-hydroxylation sites is 1. The Balaban J connectivity index is 1.25. The summed E-state index contributed by atoms with van der Waals surface area (Å²) in [5, 5.41) is 2.39. The van der Waals surface area contributed by atoms with Crippen molar-refractivity contribution >= 4 is 17.6 Å². The van der Waals surface area contributed by atoms with Gasteiger partial charge >= 0.3 is 12.2 Å². The smallest absolute Gasteiger partial charge is 0.338 e. The zero-order chi connectivity index (χ0) is 27.4. The van der Waals surface area contributed by atoms with E-state index in [9.17, 15) is 22.8 Å². The van der Waals surface area contributed by atoms with E-state index in [1.54, 1.807) is 4.90 Å². The first-order chi connectivity index (χ1) is 18.8. The van der Waals surface area contributed by atoms with Gasteiger partial charge in [0.1, 0.15) is 6.04 Å². The third kappa shape index (κ3) is 5.93. The van der Waals surface area contributed by atoms with Crippen molar-refractivity contribution in [2.45, 2.75) is 31.1 Å². The van der Waals surface area contributed by atoms with Crippen LogP contribution in [0.3, 0.4) is 0 Å². The molecule has 0 bridgehead atoms. The number of likely N-dealkylation sites (tertiary alicyclic amines) is 1. The van der Waals surface area contributed by atoms with Gasteiger partial charge in [0.25, 0.3) is 0 Å². The van der Waals surface area contributed by atoms with Crippen LogP contribution in [0.5, 0.6) is 0 Å². The molecule has 0 aliphatic carbocycles. The van der Waals surface area contributed by atoms with Gasteiger partial charge in [0.15, 0.2) is 0 Å². The molecule has 204 valence electrons. The summed E-state index contributed by atoms with van der Waals surface area (Å²) in [5.41, 5.74) is 1.14. The lowest BCUT2D eigenvalue weighted by Crippen LogP contribution is -2.55. The van der Waals surface area contributed by atoms with Crippen LogP contribution in [-0.2, 0) is 11.0 Å². The topological polar surface area (TPSA) is 55.9 Å². The highest BCUT2D eigenvalue weighted by molar-refractivity contribution is 5.94. The molecule has 0 aromatic heterocycles. The Kier molecular flexibility index (Phi) is 7.88. The lowest BCUT2D eigenvalue weighted by Gasteiger charge is -2.41. The molecule has 3 amide bonds. The number of carbonyl (C=O) groups excluding carboxylic acids is 2. The molecule has 2 fully saturated rings. The first-order valence-corrected chi connectivity index (χ1v) is 13.2. The van der Waals surface area contributed by atoms with Gasteiger partial charge in [-0.2, -0.15) is 13.2 Å². The van der Waals surface area contributed by atoms with Gasteiger partial charge in [-0.25, -0.2) is 4.79 Å². The maximum Gasteiger partial charge on any atom is 0.418 e. The Hall–Kier alpha value is -3.85. The summed E-state index contributed by atoms with van der Waals surface area (Å²) >= 11 is 0. The molecule has 0 radical (unpaired) electrons. The second-order valence-corrected chi connectivity index (χ2v) is 9.91. The fourth-order valence-electron chi connectivity index (χ4n) is 5.59. The van der Waals surface area contributed by atoms with Crippen LogP contribution in [0.1, 0.15) is 35.6 Å². The standard InChI is InChI=1S/C30H31F3N4O2/c31-30(32,33)24-14-7-8-15-25(24)34-29(39)37-17-9-16-26(37)28(38)36-20-18-35(19-21-36)27(22-10-3-1-4-11-22)23-12-5-2-6-13-23/h1-8,10-15,26-27H,9,16-21H2,(H,34,39). The highest BCUT2D eigenvalue weighted by Crippen LogP contribution is 2.35. The molecule has 5 rings (SSSR count). The summed E-state index contributed by atoms with van der Waals surface area (Å²) in [5.74, 6) is -0.151. The third-order valence-corrected chi connectivity index (χ3v) is 7.49. The zero-order valence-electron chi connectivity index (χ0n) is 21.5. The largest absolute Gasteiger partial charge is 0.418 e. The predicted octanol–water partition coefficient (Wildman–Crippen LogP) is 5.64. The Labute approximate surface area is 226 Å². The SMILES string of the molecule is O=C(C1CCCN1C(=O)Nc1ccccc1C(F)(F)F)N1CCN(C(c2ccccc2)c2ccccc2)CC1. The summed E-state index contributed by atoms with van der Waals surface area (Å²) < 4.78 is 40.2. The first kappa shape index (κ1) is 26.7. The Morgan fingerprint density at radius 1 is 0.769 bits per heavy atom. The van der Waals surface area contributed by atoms with Crippen LogP contribution in [0.25, 0.3) is 0 Å². The van der Waals surface area contributed by atoms with Crippen LogP contribution >= 0.6 is 0 Å². The summed E-state index contributed by atoms with van der Waals surface area (Å²) in [6.07, 6.45) is -3.49. The Morgan fingerprint density at radius 2 is 1.33 bits per heavy atom. The number of hydrogen-bond donors (Lipinski definition) is 1. The second-order valence-electron chi connectivity index (χ2n) is 9.91. The number of hydrogen-bond acceptors (Lipinski definition) is 3. The van der Waals surface area contributed by atoms with Crippen LogP contribution < -0.4 is 5.32 Å². The minimum absolute atomic E-state index is 0.0621. The van der Waals surface area contributed by atoms with Gasteiger partial charge in [-0.15, -0.1) is 0 Å². The van der Waals surface area contributed by atoms with Crippen molar-refractivity contribution in [3.8, 4) is 0 Å². The van der Waals surface area contributed by atoms with E-state index in [1.807, 2.05) is 36.4 Å². The van der Waals surface area contributed by atoms with Gasteiger partial charge < -0.3 is 15.1 Å². The van der Waals surface area contributed by atoms with E-state index in [2.05, 4.69) is 34.5 Å². The van der Waals surface area contributed by atoms with Gasteiger partial charge in [0.05, 0.1) is 17.3 Å². The number of amides is 3. The van der Waals surface area contributed by atoms with Gasteiger partial charge in [-0.1, -0.05) is 72.8 Å². The van der Waals surface area contributed by atoms with Crippen LogP contribution in [-0.4, -0.2) is 65.4 Å². The highest BCUT2D eigenvalue weighted by Gasteiger charge is 2.39. The lowest BCUT2D eigenvalue weighted by atomic mass is 9.96. The fourth-order valence-corrected chi connectivity index (χ4v) is 5.59. The summed E-state index contributed by atoms with van der Waals surface area (Å²) in [4.78, 5) is 32.0. The minimum Gasteiger partial charge on any atom is -0.338 e. The van der Waals surface area contributed by atoms with Gasteiger partial charge in [-0.05, 0) is 36.1 Å². The van der Waals surface area contributed by atoms with E-state index >= 15 is 0 Å². The number of benzene rings is 3. The van der Waals surface area contributed by atoms with Gasteiger partial charge in [0.2, 0.25) is 5.91 Å². The number of nitrogens with zero attached hydrogens (tertiary/aromatic N) is 3. The number of alkyl halides is 3. The molecule has 2 aliphatic heterocycles. The molecular weight excluding hydrogens is 505 g/mol.